The Kier molecular flexibility index (Phi) is 6.05. The van der Waals surface area contributed by atoms with Crippen LogP contribution in [0.2, 0.25) is 5.02 Å². The third-order valence-electron chi connectivity index (χ3n) is 4.11. The monoisotopic (exact) mass is 315 g/mol. The normalized spacial score (nSPS) is 19.6. The molecule has 21 heavy (non-hydrogen) atoms. The third kappa shape index (κ3) is 3.59. The maximum absolute atomic E-state index is 6.39. The molecule has 1 saturated heterocycles. The number of ether oxygens (including phenoxy) is 2. The molecule has 2 rings (SSSR count). The lowest BCUT2D eigenvalue weighted by Gasteiger charge is -2.43. The average molecular weight is 316 g/mol. The third-order valence-corrected chi connectivity index (χ3v) is 4.40. The summed E-state index contributed by atoms with van der Waals surface area (Å²) in [5.41, 5.74) is 0.722. The van der Waals surface area contributed by atoms with Gasteiger partial charge in [0, 0.05) is 39.7 Å². The summed E-state index contributed by atoms with van der Waals surface area (Å²) in [6, 6.07) is 0.0290. The standard InChI is InChI=1S/C15H26ClN3O2/c1-4-8-17-14(13-12(16)11-18-19(13)3)15(21-5-2)6-9-20-10-7-15/h11,14,17H,4-10H2,1-3H3. The zero-order chi connectivity index (χ0) is 15.3. The van der Waals surface area contributed by atoms with Gasteiger partial charge in [-0.25, -0.2) is 0 Å². The lowest BCUT2D eigenvalue weighted by molar-refractivity contribution is -0.129. The van der Waals surface area contributed by atoms with Gasteiger partial charge in [-0.05, 0) is 19.9 Å². The van der Waals surface area contributed by atoms with E-state index in [2.05, 4.69) is 17.3 Å². The Bertz CT molecular complexity index is 419. The topological polar surface area (TPSA) is 48.3 Å². The number of aryl methyl sites for hydroxylation is 1. The SMILES string of the molecule is CCCNC(c1c(Cl)cnn1C)C1(OCC)CCOCC1. The fraction of sp³-hybridized carbons (Fsp3) is 0.800. The van der Waals surface area contributed by atoms with Gasteiger partial charge in [-0.3, -0.25) is 4.68 Å². The largest absolute Gasteiger partial charge is 0.381 e. The van der Waals surface area contributed by atoms with Crippen LogP contribution in [0.4, 0.5) is 0 Å². The average Bonchev–Trinajstić information content (AvgIpc) is 2.81. The highest BCUT2D eigenvalue weighted by atomic mass is 35.5. The first-order valence-corrected chi connectivity index (χ1v) is 8.15. The van der Waals surface area contributed by atoms with Crippen molar-refractivity contribution in [2.45, 2.75) is 44.8 Å². The fourth-order valence-electron chi connectivity index (χ4n) is 3.09. The maximum Gasteiger partial charge on any atom is 0.0935 e. The second-order valence-corrected chi connectivity index (χ2v) is 5.91. The second kappa shape index (κ2) is 7.58. The van der Waals surface area contributed by atoms with Gasteiger partial charge in [-0.2, -0.15) is 5.10 Å². The minimum atomic E-state index is -0.278. The van der Waals surface area contributed by atoms with E-state index in [9.17, 15) is 0 Å². The number of hydrogen-bond donors (Lipinski definition) is 1. The molecule has 0 radical (unpaired) electrons. The summed E-state index contributed by atoms with van der Waals surface area (Å²) in [5, 5.41) is 8.60. The Labute approximate surface area is 131 Å². The molecule has 1 fully saturated rings. The Balaban J connectivity index is 2.36. The van der Waals surface area contributed by atoms with Crippen LogP contribution >= 0.6 is 11.6 Å². The zero-order valence-corrected chi connectivity index (χ0v) is 13.9. The van der Waals surface area contributed by atoms with Crippen LogP contribution in [0.3, 0.4) is 0 Å². The molecule has 0 bridgehead atoms. The molecule has 1 aromatic heterocycles. The molecule has 1 aromatic rings. The molecule has 2 heterocycles. The van der Waals surface area contributed by atoms with Crippen molar-refractivity contribution in [2.24, 2.45) is 7.05 Å². The van der Waals surface area contributed by atoms with Crippen LogP contribution in [0.5, 0.6) is 0 Å². The van der Waals surface area contributed by atoms with Crippen LogP contribution in [0.25, 0.3) is 0 Å². The minimum Gasteiger partial charge on any atom is -0.381 e. The highest BCUT2D eigenvalue weighted by molar-refractivity contribution is 6.31. The van der Waals surface area contributed by atoms with Gasteiger partial charge in [-0.1, -0.05) is 18.5 Å². The van der Waals surface area contributed by atoms with Crippen LogP contribution in [-0.4, -0.2) is 41.7 Å². The van der Waals surface area contributed by atoms with E-state index in [1.165, 1.54) is 0 Å². The first-order chi connectivity index (χ1) is 10.1. The molecule has 1 atom stereocenters. The van der Waals surface area contributed by atoms with Crippen molar-refractivity contribution in [3.8, 4) is 0 Å². The van der Waals surface area contributed by atoms with E-state index in [0.717, 1.165) is 44.7 Å². The number of hydrogen-bond acceptors (Lipinski definition) is 4. The summed E-state index contributed by atoms with van der Waals surface area (Å²) >= 11 is 6.39. The molecule has 0 amide bonds. The molecule has 0 aliphatic carbocycles. The summed E-state index contributed by atoms with van der Waals surface area (Å²) in [6.45, 7) is 7.24. The van der Waals surface area contributed by atoms with Crippen molar-refractivity contribution < 1.29 is 9.47 Å². The Hall–Kier alpha value is -0.620. The van der Waals surface area contributed by atoms with E-state index in [-0.39, 0.29) is 11.6 Å². The van der Waals surface area contributed by atoms with Gasteiger partial charge >= 0.3 is 0 Å². The van der Waals surface area contributed by atoms with Gasteiger partial charge in [0.15, 0.2) is 0 Å². The second-order valence-electron chi connectivity index (χ2n) is 5.50. The quantitative estimate of drug-likeness (QED) is 0.840. The van der Waals surface area contributed by atoms with Gasteiger partial charge in [0.25, 0.3) is 0 Å². The Morgan fingerprint density at radius 1 is 1.48 bits per heavy atom. The predicted octanol–water partition coefficient (Wildman–Crippen LogP) is 2.70. The summed E-state index contributed by atoms with van der Waals surface area (Å²) < 4.78 is 13.6. The lowest BCUT2D eigenvalue weighted by Crippen LogP contribution is -2.50. The number of halogens is 1. The molecule has 0 spiro atoms. The Morgan fingerprint density at radius 2 is 2.19 bits per heavy atom. The van der Waals surface area contributed by atoms with E-state index in [0.29, 0.717) is 11.6 Å². The van der Waals surface area contributed by atoms with Gasteiger partial charge in [0.2, 0.25) is 0 Å². The Morgan fingerprint density at radius 3 is 2.71 bits per heavy atom. The minimum absolute atomic E-state index is 0.0290. The van der Waals surface area contributed by atoms with E-state index in [1.807, 2.05) is 18.7 Å². The van der Waals surface area contributed by atoms with Crippen molar-refractivity contribution in [3.05, 3.63) is 16.9 Å². The molecule has 1 N–H and O–H groups in total. The van der Waals surface area contributed by atoms with Crippen molar-refractivity contribution in [1.29, 1.82) is 0 Å². The van der Waals surface area contributed by atoms with Gasteiger partial charge < -0.3 is 14.8 Å². The molecule has 1 aliphatic rings. The molecular formula is C15H26ClN3O2. The van der Waals surface area contributed by atoms with Gasteiger partial charge in [0.1, 0.15) is 0 Å². The van der Waals surface area contributed by atoms with Crippen LogP contribution in [0.15, 0.2) is 6.20 Å². The number of nitrogens with zero attached hydrogens (tertiary/aromatic N) is 2. The molecule has 1 aliphatic heterocycles. The van der Waals surface area contributed by atoms with Crippen molar-refractivity contribution in [2.75, 3.05) is 26.4 Å². The van der Waals surface area contributed by atoms with Crippen LogP contribution in [-0.2, 0) is 16.5 Å². The number of nitrogens with one attached hydrogen (secondary N) is 1. The number of aromatic nitrogens is 2. The first kappa shape index (κ1) is 16.7. The highest BCUT2D eigenvalue weighted by Gasteiger charge is 2.44. The van der Waals surface area contributed by atoms with E-state index >= 15 is 0 Å². The number of rotatable bonds is 7. The van der Waals surface area contributed by atoms with Gasteiger partial charge in [-0.15, -0.1) is 0 Å². The predicted molar refractivity (Wildman–Crippen MR) is 83.7 cm³/mol. The molecule has 5 nitrogen and oxygen atoms in total. The first-order valence-electron chi connectivity index (χ1n) is 7.77. The van der Waals surface area contributed by atoms with Crippen molar-refractivity contribution in [3.63, 3.8) is 0 Å². The molecule has 0 saturated carbocycles. The highest BCUT2D eigenvalue weighted by Crippen LogP contribution is 2.40. The lowest BCUT2D eigenvalue weighted by atomic mass is 9.83. The van der Waals surface area contributed by atoms with Crippen LogP contribution in [0.1, 0.15) is 44.8 Å². The van der Waals surface area contributed by atoms with Crippen molar-refractivity contribution in [1.82, 2.24) is 15.1 Å². The molecule has 1 unspecified atom stereocenters. The fourth-order valence-corrected chi connectivity index (χ4v) is 3.36. The molecule has 0 aromatic carbocycles. The summed E-state index contributed by atoms with van der Waals surface area (Å²) in [5.74, 6) is 0. The molecule has 120 valence electrons. The molecular weight excluding hydrogens is 290 g/mol. The summed E-state index contributed by atoms with van der Waals surface area (Å²) in [4.78, 5) is 0. The van der Waals surface area contributed by atoms with Crippen LogP contribution < -0.4 is 5.32 Å². The van der Waals surface area contributed by atoms with E-state index in [1.54, 1.807) is 6.20 Å². The molecule has 6 heteroatoms. The summed E-state index contributed by atoms with van der Waals surface area (Å²) in [7, 11) is 1.93. The maximum atomic E-state index is 6.39. The smallest absolute Gasteiger partial charge is 0.0935 e. The van der Waals surface area contributed by atoms with Gasteiger partial charge in [0.05, 0.1) is 28.6 Å². The zero-order valence-electron chi connectivity index (χ0n) is 13.2. The summed E-state index contributed by atoms with van der Waals surface area (Å²) in [6.07, 6.45) is 4.49. The van der Waals surface area contributed by atoms with Crippen LogP contribution in [0, 0.1) is 0 Å². The van der Waals surface area contributed by atoms with E-state index in [4.69, 9.17) is 21.1 Å². The van der Waals surface area contributed by atoms with E-state index < -0.39 is 0 Å². The van der Waals surface area contributed by atoms with Crippen molar-refractivity contribution >= 4 is 11.6 Å².